The van der Waals surface area contributed by atoms with Crippen molar-refractivity contribution in [2.45, 2.75) is 18.0 Å². The summed E-state index contributed by atoms with van der Waals surface area (Å²) in [6.07, 6.45) is 1.63. The molecule has 0 unspecified atom stereocenters. The van der Waals surface area contributed by atoms with Gasteiger partial charge in [0.25, 0.3) is 0 Å². The number of aromatic nitrogens is 1. The molecular weight excluding hydrogens is 298 g/mol. The predicted octanol–water partition coefficient (Wildman–Crippen LogP) is 1.09. The van der Waals surface area contributed by atoms with Crippen LogP contribution in [0.3, 0.4) is 0 Å². The Morgan fingerprint density at radius 3 is 2.85 bits per heavy atom. The minimum Gasteiger partial charge on any atom is -0.495 e. The fourth-order valence-corrected chi connectivity index (χ4v) is 3.49. The maximum atomic E-state index is 12.3. The summed E-state index contributed by atoms with van der Waals surface area (Å²) in [6.45, 7) is 0.412. The molecule has 0 aliphatic heterocycles. The van der Waals surface area contributed by atoms with E-state index < -0.39 is 10.0 Å². The Kier molecular flexibility index (Phi) is 4.71. The molecule has 0 fully saturated rings. The largest absolute Gasteiger partial charge is 0.495 e. The van der Waals surface area contributed by atoms with Gasteiger partial charge in [0.15, 0.2) is 0 Å². The van der Waals surface area contributed by atoms with Crippen molar-refractivity contribution in [3.8, 4) is 5.75 Å². The highest BCUT2D eigenvalue weighted by molar-refractivity contribution is 7.89. The van der Waals surface area contributed by atoms with Crippen LogP contribution in [0, 0.1) is 0 Å². The highest BCUT2D eigenvalue weighted by Crippen LogP contribution is 2.25. The Bertz CT molecular complexity index is 669. The van der Waals surface area contributed by atoms with Crippen LogP contribution < -0.4 is 15.2 Å². The first-order chi connectivity index (χ1) is 9.56. The fourth-order valence-electron chi connectivity index (χ4n) is 1.63. The van der Waals surface area contributed by atoms with Gasteiger partial charge in [-0.15, -0.1) is 11.3 Å². The molecule has 2 aromatic rings. The van der Waals surface area contributed by atoms with Gasteiger partial charge in [-0.2, -0.15) is 0 Å². The summed E-state index contributed by atoms with van der Waals surface area (Å²) in [5.41, 5.74) is 6.26. The highest BCUT2D eigenvalue weighted by Gasteiger charge is 2.20. The molecular formula is C12H15N3O3S2. The number of nitrogens with zero attached hydrogens (tertiary/aromatic N) is 1. The molecule has 1 aromatic heterocycles. The Morgan fingerprint density at radius 1 is 1.45 bits per heavy atom. The molecule has 1 aromatic carbocycles. The molecule has 0 spiro atoms. The molecule has 0 bridgehead atoms. The van der Waals surface area contributed by atoms with Crippen molar-refractivity contribution in [1.82, 2.24) is 9.71 Å². The Morgan fingerprint density at radius 2 is 2.25 bits per heavy atom. The molecule has 8 heteroatoms. The topological polar surface area (TPSA) is 94.3 Å². The van der Waals surface area contributed by atoms with Crippen molar-refractivity contribution < 1.29 is 13.2 Å². The average Bonchev–Trinajstić information content (AvgIpc) is 2.98. The molecule has 3 N–H and O–H groups in total. The molecule has 0 saturated carbocycles. The molecule has 0 aliphatic rings. The number of benzene rings is 1. The molecule has 1 heterocycles. The van der Waals surface area contributed by atoms with Gasteiger partial charge in [0.05, 0.1) is 13.7 Å². The average molecular weight is 313 g/mol. The van der Waals surface area contributed by atoms with Crippen LogP contribution in [0.4, 0.5) is 0 Å². The first-order valence-corrected chi connectivity index (χ1v) is 8.18. The van der Waals surface area contributed by atoms with E-state index >= 15 is 0 Å². The summed E-state index contributed by atoms with van der Waals surface area (Å²) in [5.74, 6) is 0.286. The number of sulfonamides is 1. The van der Waals surface area contributed by atoms with E-state index in [1.165, 1.54) is 24.5 Å². The van der Waals surface area contributed by atoms with Gasteiger partial charge in [-0.05, 0) is 17.7 Å². The number of rotatable bonds is 6. The molecule has 0 saturated heterocycles. The van der Waals surface area contributed by atoms with Gasteiger partial charge in [-0.3, -0.25) is 0 Å². The van der Waals surface area contributed by atoms with Crippen LogP contribution in [0.2, 0.25) is 0 Å². The molecule has 0 aliphatic carbocycles. The normalized spacial score (nSPS) is 11.5. The Labute approximate surface area is 121 Å². The minimum atomic E-state index is -3.68. The predicted molar refractivity (Wildman–Crippen MR) is 77.0 cm³/mol. The van der Waals surface area contributed by atoms with Crippen molar-refractivity contribution in [3.63, 3.8) is 0 Å². The summed E-state index contributed by atoms with van der Waals surface area (Å²) in [4.78, 5) is 4.11. The third kappa shape index (κ3) is 3.34. The maximum Gasteiger partial charge on any atom is 0.244 e. The zero-order valence-electron chi connectivity index (χ0n) is 10.9. The van der Waals surface area contributed by atoms with E-state index in [4.69, 9.17) is 10.5 Å². The van der Waals surface area contributed by atoms with Gasteiger partial charge in [0.1, 0.15) is 15.7 Å². The van der Waals surface area contributed by atoms with Crippen molar-refractivity contribution in [1.29, 1.82) is 0 Å². The van der Waals surface area contributed by atoms with Crippen molar-refractivity contribution in [2.75, 3.05) is 7.11 Å². The number of ether oxygens (including phenoxy) is 1. The lowest BCUT2D eigenvalue weighted by atomic mass is 10.2. The first kappa shape index (κ1) is 14.9. The van der Waals surface area contributed by atoms with Crippen LogP contribution in [-0.4, -0.2) is 20.5 Å². The van der Waals surface area contributed by atoms with Crippen molar-refractivity contribution >= 4 is 21.4 Å². The van der Waals surface area contributed by atoms with Gasteiger partial charge < -0.3 is 10.5 Å². The zero-order chi connectivity index (χ0) is 14.6. The zero-order valence-corrected chi connectivity index (χ0v) is 12.5. The number of hydrogen-bond acceptors (Lipinski definition) is 6. The highest BCUT2D eigenvalue weighted by atomic mass is 32.2. The number of thiazole rings is 1. The number of hydrogen-bond donors (Lipinski definition) is 2. The number of methoxy groups -OCH3 is 1. The van der Waals surface area contributed by atoms with Gasteiger partial charge in [0.2, 0.25) is 10.0 Å². The Hall–Kier alpha value is -1.48. The van der Waals surface area contributed by atoms with Gasteiger partial charge >= 0.3 is 0 Å². The monoisotopic (exact) mass is 313 g/mol. The lowest BCUT2D eigenvalue weighted by molar-refractivity contribution is 0.402. The van der Waals surface area contributed by atoms with E-state index in [0.29, 0.717) is 5.01 Å². The van der Waals surface area contributed by atoms with Crippen LogP contribution in [0.1, 0.15) is 10.6 Å². The van der Waals surface area contributed by atoms with Gasteiger partial charge in [0, 0.05) is 18.1 Å². The van der Waals surface area contributed by atoms with E-state index in [2.05, 4.69) is 9.71 Å². The number of nitrogens with two attached hydrogens (primary N) is 1. The van der Waals surface area contributed by atoms with Gasteiger partial charge in [-0.25, -0.2) is 18.1 Å². The summed E-state index contributed by atoms with van der Waals surface area (Å²) in [5, 5.41) is 2.49. The maximum absolute atomic E-state index is 12.3. The van der Waals surface area contributed by atoms with Gasteiger partial charge in [-0.1, -0.05) is 6.07 Å². The van der Waals surface area contributed by atoms with Crippen LogP contribution in [-0.2, 0) is 23.1 Å². The lowest BCUT2D eigenvalue weighted by Crippen LogP contribution is -2.24. The van der Waals surface area contributed by atoms with Crippen LogP contribution >= 0.6 is 11.3 Å². The summed E-state index contributed by atoms with van der Waals surface area (Å²) in [6, 6.07) is 4.85. The summed E-state index contributed by atoms with van der Waals surface area (Å²) < 4.78 is 32.2. The van der Waals surface area contributed by atoms with Crippen molar-refractivity contribution in [3.05, 3.63) is 40.3 Å². The fraction of sp³-hybridized carbons (Fsp3) is 0.250. The second-order valence-electron chi connectivity index (χ2n) is 3.94. The standard InChI is InChI=1S/C12H15N3O3S2/c1-18-10-3-2-9(7-13)6-11(10)20(16,17)15-8-12-14-4-5-19-12/h2-6,15H,7-8,13H2,1H3. The summed E-state index contributed by atoms with van der Waals surface area (Å²) in [7, 11) is -2.25. The molecule has 20 heavy (non-hydrogen) atoms. The Balaban J connectivity index is 2.28. The SMILES string of the molecule is COc1ccc(CN)cc1S(=O)(=O)NCc1nccs1. The number of nitrogens with one attached hydrogen (secondary N) is 1. The molecule has 0 amide bonds. The molecule has 6 nitrogen and oxygen atoms in total. The van der Waals surface area contributed by atoms with Crippen LogP contribution in [0.5, 0.6) is 5.75 Å². The molecule has 2 rings (SSSR count). The second kappa shape index (κ2) is 6.31. The lowest BCUT2D eigenvalue weighted by Gasteiger charge is -2.11. The minimum absolute atomic E-state index is 0.0829. The molecule has 0 radical (unpaired) electrons. The molecule has 108 valence electrons. The van der Waals surface area contributed by atoms with Crippen molar-refractivity contribution in [2.24, 2.45) is 5.73 Å². The smallest absolute Gasteiger partial charge is 0.244 e. The van der Waals surface area contributed by atoms with E-state index in [9.17, 15) is 8.42 Å². The van der Waals surface area contributed by atoms with E-state index in [1.807, 2.05) is 0 Å². The van der Waals surface area contributed by atoms with Crippen LogP contribution in [0.15, 0.2) is 34.7 Å². The van der Waals surface area contributed by atoms with Crippen LogP contribution in [0.25, 0.3) is 0 Å². The summed E-state index contributed by atoms with van der Waals surface area (Å²) >= 11 is 1.39. The van der Waals surface area contributed by atoms with E-state index in [-0.39, 0.29) is 23.7 Å². The second-order valence-corrected chi connectivity index (χ2v) is 6.65. The third-order valence-corrected chi connectivity index (χ3v) is 4.85. The quantitative estimate of drug-likeness (QED) is 0.832. The van der Waals surface area contributed by atoms with E-state index in [0.717, 1.165) is 5.56 Å². The third-order valence-electron chi connectivity index (χ3n) is 2.65. The van der Waals surface area contributed by atoms with E-state index in [1.54, 1.807) is 23.7 Å². The molecule has 0 atom stereocenters. The first-order valence-electron chi connectivity index (χ1n) is 5.82.